The van der Waals surface area contributed by atoms with E-state index < -0.39 is 5.92 Å². The molecule has 1 heterocycles. The van der Waals surface area contributed by atoms with E-state index in [0.717, 1.165) is 11.1 Å². The summed E-state index contributed by atoms with van der Waals surface area (Å²) >= 11 is 1.47. The van der Waals surface area contributed by atoms with Gasteiger partial charge in [0.15, 0.2) is 0 Å². The van der Waals surface area contributed by atoms with Gasteiger partial charge < -0.3 is 4.90 Å². The molecule has 2 aromatic carbocycles. The van der Waals surface area contributed by atoms with Gasteiger partial charge in [0.25, 0.3) is 0 Å². The molecule has 1 amide bonds. The van der Waals surface area contributed by atoms with Gasteiger partial charge in [-0.1, -0.05) is 42.5 Å². The zero-order valence-corrected chi connectivity index (χ0v) is 13.2. The largest absolute Gasteiger partial charge is 0.324 e. The van der Waals surface area contributed by atoms with Crippen LogP contribution in [-0.4, -0.2) is 21.9 Å². The third kappa shape index (κ3) is 3.38. The van der Waals surface area contributed by atoms with Crippen LogP contribution in [0.3, 0.4) is 0 Å². The molecule has 2 unspecified atom stereocenters. The predicted molar refractivity (Wildman–Crippen MR) is 88.0 cm³/mol. The second kappa shape index (κ2) is 6.84. The Kier molecular flexibility index (Phi) is 4.63. The molecule has 1 aliphatic heterocycles. The summed E-state index contributed by atoms with van der Waals surface area (Å²) in [6.45, 7) is 0.319. The Labute approximate surface area is 138 Å². The van der Waals surface area contributed by atoms with Crippen LogP contribution in [0.4, 0.5) is 4.39 Å². The van der Waals surface area contributed by atoms with Gasteiger partial charge in [0.05, 0.1) is 17.2 Å². The summed E-state index contributed by atoms with van der Waals surface area (Å²) in [5.41, 5.74) is 1.63. The topological polar surface area (TPSA) is 44.1 Å². The van der Waals surface area contributed by atoms with Crippen molar-refractivity contribution in [3.05, 3.63) is 71.5 Å². The lowest BCUT2D eigenvalue weighted by atomic mass is 9.99. The molecule has 0 bridgehead atoms. The Morgan fingerprint density at radius 2 is 2.04 bits per heavy atom. The van der Waals surface area contributed by atoms with Gasteiger partial charge in [0, 0.05) is 6.54 Å². The molecule has 0 saturated carbocycles. The van der Waals surface area contributed by atoms with Crippen LogP contribution < -0.4 is 0 Å². The number of hydrogen-bond acceptors (Lipinski definition) is 3. The number of halogens is 1. The van der Waals surface area contributed by atoms with Crippen molar-refractivity contribution in [2.75, 3.05) is 5.75 Å². The van der Waals surface area contributed by atoms with Crippen LogP contribution >= 0.6 is 11.8 Å². The Hall–Kier alpha value is -2.32. The van der Waals surface area contributed by atoms with Gasteiger partial charge >= 0.3 is 0 Å². The van der Waals surface area contributed by atoms with Crippen molar-refractivity contribution in [3.8, 4) is 6.07 Å². The molecule has 3 rings (SSSR count). The van der Waals surface area contributed by atoms with E-state index >= 15 is 0 Å². The quantitative estimate of drug-likeness (QED) is 0.863. The molecule has 1 fully saturated rings. The molecule has 116 valence electrons. The fourth-order valence-corrected chi connectivity index (χ4v) is 3.98. The molecule has 0 radical (unpaired) electrons. The van der Waals surface area contributed by atoms with Gasteiger partial charge in [-0.2, -0.15) is 5.26 Å². The van der Waals surface area contributed by atoms with E-state index in [0.29, 0.717) is 12.3 Å². The van der Waals surface area contributed by atoms with Gasteiger partial charge in [-0.05, 0) is 23.3 Å². The van der Waals surface area contributed by atoms with Crippen molar-refractivity contribution >= 4 is 17.7 Å². The number of nitrogens with zero attached hydrogens (tertiary/aromatic N) is 2. The SMILES string of the molecule is N#CC(c1ccccc1)C1SCC(=O)N1Cc1cccc(F)c1. The Balaban J connectivity index is 1.86. The number of benzene rings is 2. The summed E-state index contributed by atoms with van der Waals surface area (Å²) in [5, 5.41) is 9.34. The lowest BCUT2D eigenvalue weighted by molar-refractivity contribution is -0.128. The predicted octanol–water partition coefficient (Wildman–Crippen LogP) is 3.53. The van der Waals surface area contributed by atoms with Gasteiger partial charge in [0.2, 0.25) is 5.91 Å². The van der Waals surface area contributed by atoms with Crippen LogP contribution in [-0.2, 0) is 11.3 Å². The molecule has 0 spiro atoms. The Bertz CT molecular complexity index is 744. The first-order chi connectivity index (χ1) is 11.2. The van der Waals surface area contributed by atoms with Gasteiger partial charge in [-0.3, -0.25) is 4.79 Å². The summed E-state index contributed by atoms with van der Waals surface area (Å²) in [5.74, 6) is -0.384. The number of hydrogen-bond donors (Lipinski definition) is 0. The summed E-state index contributed by atoms with van der Waals surface area (Å²) in [7, 11) is 0. The number of amides is 1. The van der Waals surface area contributed by atoms with Crippen LogP contribution in [0.1, 0.15) is 17.0 Å². The van der Waals surface area contributed by atoms with Crippen molar-refractivity contribution in [2.24, 2.45) is 0 Å². The normalized spacial score (nSPS) is 18.7. The molecule has 3 nitrogen and oxygen atoms in total. The number of carbonyl (C=O) groups is 1. The highest BCUT2D eigenvalue weighted by molar-refractivity contribution is 8.01. The Morgan fingerprint density at radius 1 is 1.26 bits per heavy atom. The Morgan fingerprint density at radius 3 is 2.74 bits per heavy atom. The number of rotatable bonds is 4. The summed E-state index contributed by atoms with van der Waals surface area (Å²) in [6.07, 6.45) is 0. The highest BCUT2D eigenvalue weighted by atomic mass is 32.2. The zero-order valence-electron chi connectivity index (χ0n) is 12.4. The van der Waals surface area contributed by atoms with Crippen molar-refractivity contribution in [2.45, 2.75) is 17.8 Å². The summed E-state index contributed by atoms with van der Waals surface area (Å²) in [6, 6.07) is 18.0. The first-order valence-corrected chi connectivity index (χ1v) is 8.34. The van der Waals surface area contributed by atoms with Crippen LogP contribution in [0.5, 0.6) is 0 Å². The van der Waals surface area contributed by atoms with E-state index in [2.05, 4.69) is 6.07 Å². The molecule has 0 aromatic heterocycles. The van der Waals surface area contributed by atoms with E-state index in [1.807, 2.05) is 30.3 Å². The fourth-order valence-electron chi connectivity index (χ4n) is 2.72. The molecule has 2 atom stereocenters. The number of nitriles is 1. The van der Waals surface area contributed by atoms with Crippen molar-refractivity contribution in [1.82, 2.24) is 4.90 Å². The van der Waals surface area contributed by atoms with E-state index in [1.54, 1.807) is 17.0 Å². The number of carbonyl (C=O) groups excluding carboxylic acids is 1. The van der Waals surface area contributed by atoms with Gasteiger partial charge in [-0.25, -0.2) is 4.39 Å². The highest BCUT2D eigenvalue weighted by Crippen LogP contribution is 2.37. The van der Waals surface area contributed by atoms with E-state index in [4.69, 9.17) is 0 Å². The third-order valence-corrected chi connectivity index (χ3v) is 5.11. The maximum Gasteiger partial charge on any atom is 0.233 e. The van der Waals surface area contributed by atoms with Gasteiger partial charge in [-0.15, -0.1) is 11.8 Å². The second-order valence-corrected chi connectivity index (χ2v) is 6.48. The average molecular weight is 326 g/mol. The molecule has 23 heavy (non-hydrogen) atoms. The molecular weight excluding hydrogens is 311 g/mol. The minimum absolute atomic E-state index is 0.0135. The van der Waals surface area contributed by atoms with Gasteiger partial charge in [0.1, 0.15) is 11.7 Å². The molecule has 5 heteroatoms. The fraction of sp³-hybridized carbons (Fsp3) is 0.222. The van der Waals surface area contributed by atoms with Crippen molar-refractivity contribution < 1.29 is 9.18 Å². The molecule has 0 N–H and O–H groups in total. The molecule has 1 aliphatic rings. The average Bonchev–Trinajstić information content (AvgIpc) is 2.91. The lowest BCUT2D eigenvalue weighted by Crippen LogP contribution is -2.35. The first-order valence-electron chi connectivity index (χ1n) is 7.29. The molecular formula is C18H15FN2OS. The number of thioether (sulfide) groups is 1. The van der Waals surface area contributed by atoms with Crippen LogP contribution in [0.2, 0.25) is 0 Å². The minimum Gasteiger partial charge on any atom is -0.324 e. The second-order valence-electron chi connectivity index (χ2n) is 5.37. The first kappa shape index (κ1) is 15.6. The third-order valence-electron chi connectivity index (χ3n) is 3.83. The highest BCUT2D eigenvalue weighted by Gasteiger charge is 2.38. The van der Waals surface area contributed by atoms with Crippen molar-refractivity contribution in [3.63, 3.8) is 0 Å². The van der Waals surface area contributed by atoms with Crippen molar-refractivity contribution in [1.29, 1.82) is 5.26 Å². The summed E-state index contributed by atoms with van der Waals surface area (Å²) < 4.78 is 13.4. The summed E-state index contributed by atoms with van der Waals surface area (Å²) in [4.78, 5) is 13.9. The van der Waals surface area contributed by atoms with E-state index in [1.165, 1.54) is 23.9 Å². The lowest BCUT2D eigenvalue weighted by Gasteiger charge is -2.27. The molecule has 0 aliphatic carbocycles. The van der Waals surface area contributed by atoms with Crippen LogP contribution in [0.25, 0.3) is 0 Å². The van der Waals surface area contributed by atoms with E-state index in [-0.39, 0.29) is 17.1 Å². The smallest absolute Gasteiger partial charge is 0.233 e. The maximum atomic E-state index is 13.4. The standard InChI is InChI=1S/C18H15FN2OS/c19-15-8-4-5-13(9-15)11-21-17(22)12-23-18(21)16(10-20)14-6-2-1-3-7-14/h1-9,16,18H,11-12H2. The zero-order chi connectivity index (χ0) is 16.2. The van der Waals surface area contributed by atoms with Crippen LogP contribution in [0, 0.1) is 17.1 Å². The maximum absolute atomic E-state index is 13.4. The van der Waals surface area contributed by atoms with Crippen LogP contribution in [0.15, 0.2) is 54.6 Å². The van der Waals surface area contributed by atoms with E-state index in [9.17, 15) is 14.4 Å². The minimum atomic E-state index is -0.402. The monoisotopic (exact) mass is 326 g/mol. The molecule has 2 aromatic rings. The molecule has 1 saturated heterocycles.